The van der Waals surface area contributed by atoms with Crippen molar-refractivity contribution in [3.05, 3.63) is 47.6 Å². The first kappa shape index (κ1) is 16.2. The Kier molecular flexibility index (Phi) is 4.04. The molecule has 3 heterocycles. The summed E-state index contributed by atoms with van der Waals surface area (Å²) < 4.78 is 0. The van der Waals surface area contributed by atoms with Gasteiger partial charge in [0.2, 0.25) is 5.91 Å². The molecule has 1 atom stereocenters. The normalized spacial score (nSPS) is 23.5. The van der Waals surface area contributed by atoms with E-state index in [9.17, 15) is 4.79 Å². The van der Waals surface area contributed by atoms with Crippen LogP contribution < -0.4 is 15.5 Å². The second-order valence-electron chi connectivity index (χ2n) is 6.91. The molecule has 0 saturated carbocycles. The number of piperidine rings is 1. The van der Waals surface area contributed by atoms with Gasteiger partial charge in [0.25, 0.3) is 0 Å². The smallest absolute Gasteiger partial charge is 0.235 e. The SMILES string of the molecule is Nc1ccc(N2CCC[C@@]3(CCN(c4ccccc4Cl)C3=O)C2)nc1. The van der Waals surface area contributed by atoms with E-state index in [4.69, 9.17) is 17.3 Å². The molecule has 2 aliphatic heterocycles. The maximum Gasteiger partial charge on any atom is 0.235 e. The third kappa shape index (κ3) is 2.82. The molecule has 2 saturated heterocycles. The van der Waals surface area contributed by atoms with Gasteiger partial charge in [-0.2, -0.15) is 0 Å². The molecular formula is C19H21ClN4O. The molecule has 25 heavy (non-hydrogen) atoms. The number of hydrogen-bond donors (Lipinski definition) is 1. The molecule has 0 radical (unpaired) electrons. The minimum atomic E-state index is -0.347. The predicted molar refractivity (Wildman–Crippen MR) is 101 cm³/mol. The Morgan fingerprint density at radius 2 is 1.96 bits per heavy atom. The topological polar surface area (TPSA) is 62.5 Å². The predicted octanol–water partition coefficient (Wildman–Crippen LogP) is 3.34. The number of aromatic nitrogens is 1. The van der Waals surface area contributed by atoms with Crippen molar-refractivity contribution in [1.29, 1.82) is 0 Å². The van der Waals surface area contributed by atoms with Crippen molar-refractivity contribution >= 4 is 34.7 Å². The van der Waals surface area contributed by atoms with Crippen LogP contribution in [0.25, 0.3) is 0 Å². The summed E-state index contributed by atoms with van der Waals surface area (Å²) in [6.45, 7) is 2.33. The lowest BCUT2D eigenvalue weighted by molar-refractivity contribution is -0.126. The van der Waals surface area contributed by atoms with E-state index in [0.717, 1.165) is 37.3 Å². The van der Waals surface area contributed by atoms with Crippen LogP contribution in [0.3, 0.4) is 0 Å². The first-order chi connectivity index (χ1) is 12.1. The molecule has 1 spiro atoms. The van der Waals surface area contributed by atoms with Gasteiger partial charge in [0, 0.05) is 19.6 Å². The molecule has 2 fully saturated rings. The average molecular weight is 357 g/mol. The number of halogens is 1. The number of amides is 1. The molecule has 1 aromatic carbocycles. The summed E-state index contributed by atoms with van der Waals surface area (Å²) in [7, 11) is 0. The van der Waals surface area contributed by atoms with Gasteiger partial charge in [-0.05, 0) is 43.5 Å². The first-order valence-corrected chi connectivity index (χ1v) is 9.00. The van der Waals surface area contributed by atoms with Crippen LogP contribution in [0, 0.1) is 5.41 Å². The maximum absolute atomic E-state index is 13.3. The monoisotopic (exact) mass is 356 g/mol. The van der Waals surface area contributed by atoms with Crippen LogP contribution in [0.1, 0.15) is 19.3 Å². The Balaban J connectivity index is 1.59. The Morgan fingerprint density at radius 3 is 2.72 bits per heavy atom. The number of para-hydroxylation sites is 1. The van der Waals surface area contributed by atoms with Crippen molar-refractivity contribution in [1.82, 2.24) is 4.98 Å². The van der Waals surface area contributed by atoms with E-state index in [1.165, 1.54) is 0 Å². The van der Waals surface area contributed by atoms with Crippen molar-refractivity contribution in [2.45, 2.75) is 19.3 Å². The van der Waals surface area contributed by atoms with Crippen molar-refractivity contribution in [3.8, 4) is 0 Å². The standard InChI is InChI=1S/C19H21ClN4O/c20-15-4-1-2-5-16(15)24-11-9-19(18(24)25)8-3-10-23(13-19)17-7-6-14(21)12-22-17/h1-2,4-7,12H,3,8-11,13,21H2/t19-/m1/s1. The summed E-state index contributed by atoms with van der Waals surface area (Å²) in [4.78, 5) is 21.7. The lowest BCUT2D eigenvalue weighted by Gasteiger charge is -2.39. The molecule has 4 rings (SSSR count). The van der Waals surface area contributed by atoms with E-state index >= 15 is 0 Å². The summed E-state index contributed by atoms with van der Waals surface area (Å²) >= 11 is 6.31. The Morgan fingerprint density at radius 1 is 1.12 bits per heavy atom. The summed E-state index contributed by atoms with van der Waals surface area (Å²) in [5.74, 6) is 1.07. The fourth-order valence-electron chi connectivity index (χ4n) is 4.01. The molecule has 1 amide bonds. The number of hydrogen-bond acceptors (Lipinski definition) is 4. The molecule has 0 unspecified atom stereocenters. The van der Waals surface area contributed by atoms with Gasteiger partial charge in [0.15, 0.2) is 0 Å². The molecule has 2 aliphatic rings. The van der Waals surface area contributed by atoms with Crippen LogP contribution in [-0.4, -0.2) is 30.5 Å². The first-order valence-electron chi connectivity index (χ1n) is 8.62. The molecule has 0 aliphatic carbocycles. The van der Waals surface area contributed by atoms with Gasteiger partial charge >= 0.3 is 0 Å². The number of pyridine rings is 1. The number of carbonyl (C=O) groups is 1. The third-order valence-electron chi connectivity index (χ3n) is 5.33. The molecule has 130 valence electrons. The zero-order valence-corrected chi connectivity index (χ0v) is 14.7. The van der Waals surface area contributed by atoms with Crippen LogP contribution >= 0.6 is 11.6 Å². The van der Waals surface area contributed by atoms with Crippen LogP contribution in [0.4, 0.5) is 17.2 Å². The largest absolute Gasteiger partial charge is 0.397 e. The molecule has 6 heteroatoms. The highest BCUT2D eigenvalue weighted by Crippen LogP contribution is 2.43. The molecule has 2 N–H and O–H groups in total. The summed E-state index contributed by atoms with van der Waals surface area (Å²) in [5.41, 5.74) is 6.85. The Labute approximate surface area is 152 Å². The fourth-order valence-corrected chi connectivity index (χ4v) is 4.25. The van der Waals surface area contributed by atoms with Crippen LogP contribution in [0.15, 0.2) is 42.6 Å². The highest BCUT2D eigenvalue weighted by Gasteiger charge is 2.49. The van der Waals surface area contributed by atoms with Crippen LogP contribution in [-0.2, 0) is 4.79 Å². The van der Waals surface area contributed by atoms with Crippen LogP contribution in [0.2, 0.25) is 5.02 Å². The van der Waals surface area contributed by atoms with Gasteiger partial charge in [0.1, 0.15) is 5.82 Å². The average Bonchev–Trinajstić information content (AvgIpc) is 2.92. The van der Waals surface area contributed by atoms with E-state index in [2.05, 4.69) is 9.88 Å². The van der Waals surface area contributed by atoms with Gasteiger partial charge in [-0.15, -0.1) is 0 Å². The minimum Gasteiger partial charge on any atom is -0.397 e. The van der Waals surface area contributed by atoms with Crippen molar-refractivity contribution in [3.63, 3.8) is 0 Å². The molecule has 5 nitrogen and oxygen atoms in total. The Hall–Kier alpha value is -2.27. The fraction of sp³-hybridized carbons (Fsp3) is 0.368. The number of rotatable bonds is 2. The van der Waals surface area contributed by atoms with Crippen LogP contribution in [0.5, 0.6) is 0 Å². The Bertz CT molecular complexity index is 794. The quantitative estimate of drug-likeness (QED) is 0.896. The highest BCUT2D eigenvalue weighted by molar-refractivity contribution is 6.34. The van der Waals surface area contributed by atoms with Crippen molar-refractivity contribution in [2.75, 3.05) is 35.2 Å². The van der Waals surface area contributed by atoms with E-state index < -0.39 is 0 Å². The third-order valence-corrected chi connectivity index (χ3v) is 5.65. The molecule has 0 bridgehead atoms. The number of carbonyl (C=O) groups excluding carboxylic acids is 1. The number of nitrogen functional groups attached to an aromatic ring is 1. The van der Waals surface area contributed by atoms with Gasteiger partial charge in [-0.3, -0.25) is 4.79 Å². The number of nitrogens with zero attached hydrogens (tertiary/aromatic N) is 3. The molecular weight excluding hydrogens is 336 g/mol. The van der Waals surface area contributed by atoms with Gasteiger partial charge in [0.05, 0.1) is 28.0 Å². The molecule has 1 aromatic heterocycles. The van der Waals surface area contributed by atoms with E-state index in [0.29, 0.717) is 23.8 Å². The second kappa shape index (κ2) is 6.23. The van der Waals surface area contributed by atoms with E-state index in [1.54, 1.807) is 6.20 Å². The summed E-state index contributed by atoms with van der Waals surface area (Å²) in [5, 5.41) is 0.626. The molecule has 2 aromatic rings. The highest BCUT2D eigenvalue weighted by atomic mass is 35.5. The number of nitrogens with two attached hydrogens (primary N) is 1. The maximum atomic E-state index is 13.3. The van der Waals surface area contributed by atoms with Gasteiger partial charge in [-0.25, -0.2) is 4.98 Å². The second-order valence-corrected chi connectivity index (χ2v) is 7.32. The summed E-state index contributed by atoms with van der Waals surface area (Å²) in [6, 6.07) is 11.3. The zero-order chi connectivity index (χ0) is 17.4. The minimum absolute atomic E-state index is 0.181. The van der Waals surface area contributed by atoms with E-state index in [1.807, 2.05) is 41.3 Å². The zero-order valence-electron chi connectivity index (χ0n) is 14.0. The lowest BCUT2D eigenvalue weighted by atomic mass is 9.78. The number of benzene rings is 1. The summed E-state index contributed by atoms with van der Waals surface area (Å²) in [6.07, 6.45) is 4.41. The van der Waals surface area contributed by atoms with Gasteiger partial charge < -0.3 is 15.5 Å². The van der Waals surface area contributed by atoms with Crippen molar-refractivity contribution in [2.24, 2.45) is 5.41 Å². The van der Waals surface area contributed by atoms with Gasteiger partial charge in [-0.1, -0.05) is 23.7 Å². The lowest BCUT2D eigenvalue weighted by Crippen LogP contribution is -2.48. The van der Waals surface area contributed by atoms with E-state index in [-0.39, 0.29) is 11.3 Å². The van der Waals surface area contributed by atoms with Crippen molar-refractivity contribution < 1.29 is 4.79 Å². The number of anilines is 3.